The minimum Gasteiger partial charge on any atom is -0.422 e. The highest BCUT2D eigenvalue weighted by Crippen LogP contribution is 2.40. The highest BCUT2D eigenvalue weighted by atomic mass is 16.4. The Kier molecular flexibility index (Phi) is 3.24. The monoisotopic (exact) mass is 303 g/mol. The van der Waals surface area contributed by atoms with Crippen LogP contribution in [-0.2, 0) is 0 Å². The maximum atomic E-state index is 8.73. The van der Waals surface area contributed by atoms with Crippen molar-refractivity contribution in [3.05, 3.63) is 54.1 Å². The van der Waals surface area contributed by atoms with E-state index in [0.29, 0.717) is 29.1 Å². The van der Waals surface area contributed by atoms with E-state index in [1.54, 1.807) is 24.5 Å². The molecule has 1 N–H and O–H groups in total. The van der Waals surface area contributed by atoms with E-state index in [4.69, 9.17) is 9.68 Å². The Balaban J connectivity index is 1.50. The molecule has 6 heteroatoms. The van der Waals surface area contributed by atoms with E-state index < -0.39 is 0 Å². The van der Waals surface area contributed by atoms with Crippen LogP contribution in [0.3, 0.4) is 0 Å². The molecule has 0 bridgehead atoms. The smallest absolute Gasteiger partial charge is 0.299 e. The summed E-state index contributed by atoms with van der Waals surface area (Å²) in [5.74, 6) is 1.30. The maximum absolute atomic E-state index is 8.73. The van der Waals surface area contributed by atoms with Crippen molar-refractivity contribution in [2.45, 2.75) is 18.8 Å². The molecule has 0 spiro atoms. The summed E-state index contributed by atoms with van der Waals surface area (Å²) in [6.45, 7) is 0. The number of nitriles is 1. The summed E-state index contributed by atoms with van der Waals surface area (Å²) in [7, 11) is 0. The van der Waals surface area contributed by atoms with Gasteiger partial charge in [-0.1, -0.05) is 6.07 Å². The fraction of sp³-hybridized carbons (Fsp3) is 0.176. The van der Waals surface area contributed by atoms with Gasteiger partial charge >= 0.3 is 0 Å². The number of rotatable bonds is 4. The largest absolute Gasteiger partial charge is 0.422 e. The van der Waals surface area contributed by atoms with Crippen LogP contribution in [0.1, 0.15) is 30.0 Å². The van der Waals surface area contributed by atoms with Gasteiger partial charge in [-0.15, -0.1) is 0 Å². The van der Waals surface area contributed by atoms with Crippen molar-refractivity contribution in [2.75, 3.05) is 5.32 Å². The van der Waals surface area contributed by atoms with Gasteiger partial charge in [-0.25, -0.2) is 9.97 Å². The number of hydrogen-bond acceptors (Lipinski definition) is 6. The van der Waals surface area contributed by atoms with Crippen molar-refractivity contribution in [2.24, 2.45) is 0 Å². The van der Waals surface area contributed by atoms with E-state index in [2.05, 4.69) is 26.3 Å². The number of anilines is 2. The maximum Gasteiger partial charge on any atom is 0.299 e. The summed E-state index contributed by atoms with van der Waals surface area (Å²) < 4.78 is 5.67. The van der Waals surface area contributed by atoms with Crippen molar-refractivity contribution in [3.63, 3.8) is 0 Å². The lowest BCUT2D eigenvalue weighted by Gasteiger charge is -2.01. The number of pyridine rings is 2. The normalized spacial score (nSPS) is 13.5. The van der Waals surface area contributed by atoms with Gasteiger partial charge in [-0.3, -0.25) is 4.98 Å². The lowest BCUT2D eigenvalue weighted by Crippen LogP contribution is -1.91. The van der Waals surface area contributed by atoms with Gasteiger partial charge in [0.05, 0.1) is 18.1 Å². The average molecular weight is 303 g/mol. The van der Waals surface area contributed by atoms with Gasteiger partial charge in [0.15, 0.2) is 5.76 Å². The molecule has 1 aliphatic rings. The van der Waals surface area contributed by atoms with Crippen LogP contribution < -0.4 is 5.32 Å². The predicted molar refractivity (Wildman–Crippen MR) is 83.9 cm³/mol. The van der Waals surface area contributed by atoms with E-state index >= 15 is 0 Å². The van der Waals surface area contributed by atoms with Crippen molar-refractivity contribution >= 4 is 11.7 Å². The van der Waals surface area contributed by atoms with E-state index in [9.17, 15) is 0 Å². The van der Waals surface area contributed by atoms with Crippen LogP contribution in [0, 0.1) is 11.3 Å². The summed E-state index contributed by atoms with van der Waals surface area (Å²) >= 11 is 0. The topological polar surface area (TPSA) is 87.6 Å². The van der Waals surface area contributed by atoms with Gasteiger partial charge in [0.2, 0.25) is 0 Å². The molecule has 1 aliphatic carbocycles. The molecule has 0 aliphatic heterocycles. The first-order valence-electron chi connectivity index (χ1n) is 7.37. The molecular formula is C17H13N5O. The summed E-state index contributed by atoms with van der Waals surface area (Å²) in [5.41, 5.74) is 3.11. The van der Waals surface area contributed by atoms with E-state index in [1.807, 2.05) is 18.3 Å². The second-order valence-electron chi connectivity index (χ2n) is 5.45. The molecule has 6 nitrogen and oxygen atoms in total. The average Bonchev–Trinajstić information content (AvgIpc) is 3.35. The van der Waals surface area contributed by atoms with Crippen LogP contribution in [0.25, 0.3) is 11.5 Å². The first-order valence-corrected chi connectivity index (χ1v) is 7.37. The Morgan fingerprint density at radius 2 is 1.96 bits per heavy atom. The van der Waals surface area contributed by atoms with Crippen LogP contribution in [0.5, 0.6) is 0 Å². The van der Waals surface area contributed by atoms with Gasteiger partial charge in [0, 0.05) is 6.20 Å². The minimum atomic E-state index is 0.361. The molecule has 0 unspecified atom stereocenters. The van der Waals surface area contributed by atoms with Crippen LogP contribution in [0.15, 0.2) is 47.3 Å². The lowest BCUT2D eigenvalue weighted by atomic mass is 10.2. The Labute approximate surface area is 132 Å². The second-order valence-corrected chi connectivity index (χ2v) is 5.45. The Bertz CT molecular complexity index is 857. The van der Waals surface area contributed by atoms with Gasteiger partial charge < -0.3 is 9.73 Å². The zero-order valence-corrected chi connectivity index (χ0v) is 12.2. The third-order valence-corrected chi connectivity index (χ3v) is 3.72. The van der Waals surface area contributed by atoms with Crippen molar-refractivity contribution < 1.29 is 4.42 Å². The van der Waals surface area contributed by atoms with Crippen LogP contribution in [-0.4, -0.2) is 15.0 Å². The van der Waals surface area contributed by atoms with Crippen LogP contribution >= 0.6 is 0 Å². The van der Waals surface area contributed by atoms with E-state index in [-0.39, 0.29) is 0 Å². The minimum absolute atomic E-state index is 0.361. The fourth-order valence-electron chi connectivity index (χ4n) is 2.32. The molecule has 3 heterocycles. The van der Waals surface area contributed by atoms with E-state index in [0.717, 1.165) is 5.69 Å². The van der Waals surface area contributed by atoms with Crippen molar-refractivity contribution in [1.29, 1.82) is 5.26 Å². The highest BCUT2D eigenvalue weighted by Gasteiger charge is 2.23. The quantitative estimate of drug-likeness (QED) is 0.792. The molecule has 0 aromatic carbocycles. The second kappa shape index (κ2) is 5.54. The van der Waals surface area contributed by atoms with Gasteiger partial charge in [-0.05, 0) is 42.5 Å². The number of hydrogen-bond donors (Lipinski definition) is 1. The summed E-state index contributed by atoms with van der Waals surface area (Å²) in [6.07, 6.45) is 7.63. The number of aromatic nitrogens is 3. The number of nitrogens with zero attached hydrogens (tertiary/aromatic N) is 4. The number of nitrogens with one attached hydrogen (secondary N) is 1. The molecular weight excluding hydrogens is 290 g/mol. The third-order valence-electron chi connectivity index (χ3n) is 3.72. The standard InChI is InChI=1S/C17H13N5O/c18-7-13-4-5-14(9-19-13)22-17-21-10-16(23-17)15-6-3-12(8-20-15)11-1-2-11/h3-6,8-11H,1-2H2,(H,21,22). The zero-order valence-electron chi connectivity index (χ0n) is 12.2. The highest BCUT2D eigenvalue weighted by molar-refractivity contribution is 5.56. The van der Waals surface area contributed by atoms with Gasteiger partial charge in [0.1, 0.15) is 17.5 Å². The molecule has 0 saturated heterocycles. The Morgan fingerprint density at radius 1 is 1.04 bits per heavy atom. The molecule has 1 fully saturated rings. The van der Waals surface area contributed by atoms with Crippen molar-refractivity contribution in [3.8, 4) is 17.5 Å². The molecule has 112 valence electrons. The summed E-state index contributed by atoms with van der Waals surface area (Å²) in [4.78, 5) is 12.6. The first kappa shape index (κ1) is 13.5. The molecule has 1 saturated carbocycles. The van der Waals surface area contributed by atoms with Crippen LogP contribution in [0.4, 0.5) is 11.7 Å². The van der Waals surface area contributed by atoms with Gasteiger partial charge in [-0.2, -0.15) is 5.26 Å². The molecule has 0 radical (unpaired) electrons. The summed E-state index contributed by atoms with van der Waals surface area (Å²) in [5, 5.41) is 11.7. The molecule has 3 aromatic rings. The molecule has 23 heavy (non-hydrogen) atoms. The Morgan fingerprint density at radius 3 is 2.61 bits per heavy atom. The molecule has 0 amide bonds. The summed E-state index contributed by atoms with van der Waals surface area (Å²) in [6, 6.07) is 9.77. The Hall–Kier alpha value is -3.20. The van der Waals surface area contributed by atoms with Crippen LogP contribution in [0.2, 0.25) is 0 Å². The third kappa shape index (κ3) is 2.90. The first-order chi connectivity index (χ1) is 11.3. The molecule has 0 atom stereocenters. The molecule has 4 rings (SSSR count). The van der Waals surface area contributed by atoms with Crippen molar-refractivity contribution in [1.82, 2.24) is 15.0 Å². The lowest BCUT2D eigenvalue weighted by molar-refractivity contribution is 0.589. The molecule has 3 aromatic heterocycles. The van der Waals surface area contributed by atoms with E-state index in [1.165, 1.54) is 18.4 Å². The fourth-order valence-corrected chi connectivity index (χ4v) is 2.32. The SMILES string of the molecule is N#Cc1ccc(Nc2ncc(-c3ccc(C4CC4)cn3)o2)cn1. The number of oxazole rings is 1. The zero-order chi connectivity index (χ0) is 15.6. The van der Waals surface area contributed by atoms with Gasteiger partial charge in [0.25, 0.3) is 6.01 Å². The predicted octanol–water partition coefficient (Wildman–Crippen LogP) is 3.62.